The molecule has 0 aromatic rings. The van der Waals surface area contributed by atoms with Gasteiger partial charge in [-0.2, -0.15) is 0 Å². The van der Waals surface area contributed by atoms with E-state index < -0.39 is 43.0 Å². The van der Waals surface area contributed by atoms with Gasteiger partial charge in [0.2, 0.25) is 6.29 Å². The summed E-state index contributed by atoms with van der Waals surface area (Å²) in [6, 6.07) is 0. The third kappa shape index (κ3) is 9.38. The topological polar surface area (TPSA) is 108 Å². The predicted octanol–water partition coefficient (Wildman–Crippen LogP) is 0.143. The van der Waals surface area contributed by atoms with Crippen LogP contribution < -0.4 is 0 Å². The van der Waals surface area contributed by atoms with Gasteiger partial charge in [-0.1, -0.05) is 15.9 Å². The summed E-state index contributed by atoms with van der Waals surface area (Å²) in [6.45, 7) is 3.16. The number of rotatable bonds is 9. The summed E-state index contributed by atoms with van der Waals surface area (Å²) in [5.74, 6) is -1.99. The van der Waals surface area contributed by atoms with Crippen LogP contribution in [0.15, 0.2) is 0 Å². The summed E-state index contributed by atoms with van der Waals surface area (Å²) in [4.78, 5) is 32.9. The van der Waals surface area contributed by atoms with Crippen LogP contribution in [0.3, 0.4) is 0 Å². The zero-order valence-electron chi connectivity index (χ0n) is 12.0. The van der Waals surface area contributed by atoms with Crippen molar-refractivity contribution in [2.75, 3.05) is 18.5 Å². The maximum atomic E-state index is 11.1. The Labute approximate surface area is 130 Å². The lowest BCUT2D eigenvalue weighted by Crippen LogP contribution is -2.46. The van der Waals surface area contributed by atoms with Crippen LogP contribution in [-0.4, -0.2) is 60.1 Å². The monoisotopic (exact) mass is 370 g/mol. The Balaban J connectivity index is 4.95. The average Bonchev–Trinajstić information content (AvgIpc) is 2.37. The first-order valence-corrected chi connectivity index (χ1v) is 7.23. The number of carbonyl (C=O) groups is 3. The van der Waals surface area contributed by atoms with E-state index in [4.69, 9.17) is 14.2 Å². The second-order valence-corrected chi connectivity index (χ2v) is 4.77. The molecule has 0 rings (SSSR count). The van der Waals surface area contributed by atoms with Crippen LogP contribution in [-0.2, 0) is 33.3 Å². The Morgan fingerprint density at radius 3 is 2.05 bits per heavy atom. The lowest BCUT2D eigenvalue weighted by molar-refractivity contribution is -0.227. The van der Waals surface area contributed by atoms with Crippen molar-refractivity contribution >= 4 is 33.8 Å². The van der Waals surface area contributed by atoms with Crippen LogP contribution in [0.25, 0.3) is 0 Å². The SMILES string of the molecule is CC(=O)OCC(O)[C@@H](OC(C)=O)C(OCCBr)OC(C)=O. The van der Waals surface area contributed by atoms with E-state index in [1.807, 2.05) is 0 Å². The van der Waals surface area contributed by atoms with Gasteiger partial charge in [0, 0.05) is 26.1 Å². The van der Waals surface area contributed by atoms with Crippen molar-refractivity contribution < 1.29 is 38.4 Å². The molecule has 8 nitrogen and oxygen atoms in total. The van der Waals surface area contributed by atoms with Gasteiger partial charge in [0.25, 0.3) is 0 Å². The smallest absolute Gasteiger partial charge is 0.305 e. The van der Waals surface area contributed by atoms with Crippen molar-refractivity contribution in [1.82, 2.24) is 0 Å². The van der Waals surface area contributed by atoms with Gasteiger partial charge in [0.05, 0.1) is 6.61 Å². The highest BCUT2D eigenvalue weighted by Crippen LogP contribution is 2.13. The molecular formula is C12H19BrO8. The van der Waals surface area contributed by atoms with Gasteiger partial charge in [0.15, 0.2) is 6.10 Å². The number of ether oxygens (including phenoxy) is 4. The number of alkyl halides is 1. The molecule has 0 saturated heterocycles. The van der Waals surface area contributed by atoms with Gasteiger partial charge in [-0.25, -0.2) is 0 Å². The lowest BCUT2D eigenvalue weighted by Gasteiger charge is -2.29. The minimum atomic E-state index is -1.41. The second-order valence-electron chi connectivity index (χ2n) is 3.98. The summed E-state index contributed by atoms with van der Waals surface area (Å²) in [5.41, 5.74) is 0. The number of hydrogen-bond acceptors (Lipinski definition) is 8. The first kappa shape index (κ1) is 19.8. The van der Waals surface area contributed by atoms with E-state index in [1.165, 1.54) is 6.92 Å². The fourth-order valence-corrected chi connectivity index (χ4v) is 1.51. The summed E-state index contributed by atoms with van der Waals surface area (Å²) < 4.78 is 19.7. The Bertz CT molecular complexity index is 359. The average molecular weight is 371 g/mol. The molecule has 9 heteroatoms. The number of aliphatic hydroxyl groups excluding tert-OH is 1. The molecule has 122 valence electrons. The number of halogens is 1. The van der Waals surface area contributed by atoms with Crippen molar-refractivity contribution in [3.05, 3.63) is 0 Å². The number of hydrogen-bond donors (Lipinski definition) is 1. The van der Waals surface area contributed by atoms with E-state index in [0.717, 1.165) is 13.8 Å². The van der Waals surface area contributed by atoms with E-state index in [9.17, 15) is 19.5 Å². The first-order valence-electron chi connectivity index (χ1n) is 6.11. The zero-order valence-corrected chi connectivity index (χ0v) is 13.6. The molecular weight excluding hydrogens is 352 g/mol. The van der Waals surface area contributed by atoms with Crippen molar-refractivity contribution in [1.29, 1.82) is 0 Å². The molecule has 0 aliphatic carbocycles. The van der Waals surface area contributed by atoms with Gasteiger partial charge in [-0.05, 0) is 0 Å². The van der Waals surface area contributed by atoms with Crippen molar-refractivity contribution in [2.24, 2.45) is 0 Å². The highest BCUT2D eigenvalue weighted by atomic mass is 79.9. The quantitative estimate of drug-likeness (QED) is 0.264. The van der Waals surface area contributed by atoms with Crippen LogP contribution in [0.1, 0.15) is 20.8 Å². The molecule has 3 atom stereocenters. The molecule has 0 spiro atoms. The van der Waals surface area contributed by atoms with Crippen molar-refractivity contribution in [3.63, 3.8) is 0 Å². The van der Waals surface area contributed by atoms with Crippen LogP contribution in [0, 0.1) is 0 Å². The largest absolute Gasteiger partial charge is 0.463 e. The van der Waals surface area contributed by atoms with E-state index in [2.05, 4.69) is 20.7 Å². The molecule has 0 aromatic heterocycles. The summed E-state index contributed by atoms with van der Waals surface area (Å²) >= 11 is 3.13. The molecule has 0 fully saturated rings. The van der Waals surface area contributed by atoms with Crippen LogP contribution in [0.4, 0.5) is 0 Å². The Morgan fingerprint density at radius 1 is 1.05 bits per heavy atom. The van der Waals surface area contributed by atoms with E-state index in [-0.39, 0.29) is 6.61 Å². The fourth-order valence-electron chi connectivity index (χ4n) is 1.32. The van der Waals surface area contributed by atoms with E-state index in [1.54, 1.807) is 0 Å². The van der Waals surface area contributed by atoms with E-state index in [0.29, 0.717) is 5.33 Å². The highest BCUT2D eigenvalue weighted by Gasteiger charge is 2.35. The van der Waals surface area contributed by atoms with Gasteiger partial charge >= 0.3 is 17.9 Å². The third-order valence-electron chi connectivity index (χ3n) is 2.05. The summed E-state index contributed by atoms with van der Waals surface area (Å²) in [5, 5.41) is 10.4. The Kier molecular flexibility index (Phi) is 9.93. The van der Waals surface area contributed by atoms with Gasteiger partial charge in [-0.3, -0.25) is 14.4 Å². The normalized spacial score (nSPS) is 14.7. The van der Waals surface area contributed by atoms with Crippen LogP contribution in [0.2, 0.25) is 0 Å². The van der Waals surface area contributed by atoms with Gasteiger partial charge in [0.1, 0.15) is 12.7 Å². The van der Waals surface area contributed by atoms with Crippen LogP contribution >= 0.6 is 15.9 Å². The molecule has 0 saturated carbocycles. The molecule has 0 amide bonds. The van der Waals surface area contributed by atoms with Crippen molar-refractivity contribution in [2.45, 2.75) is 39.3 Å². The Morgan fingerprint density at radius 2 is 1.62 bits per heavy atom. The molecule has 0 radical (unpaired) electrons. The molecule has 1 N–H and O–H groups in total. The van der Waals surface area contributed by atoms with E-state index >= 15 is 0 Å². The molecule has 0 aliphatic heterocycles. The molecule has 0 bridgehead atoms. The fraction of sp³-hybridized carbons (Fsp3) is 0.750. The summed E-state index contributed by atoms with van der Waals surface area (Å²) in [7, 11) is 0. The maximum Gasteiger partial charge on any atom is 0.305 e. The minimum absolute atomic E-state index is 0.149. The van der Waals surface area contributed by atoms with Crippen LogP contribution in [0.5, 0.6) is 0 Å². The third-order valence-corrected chi connectivity index (χ3v) is 2.37. The number of carbonyl (C=O) groups excluding carboxylic acids is 3. The highest BCUT2D eigenvalue weighted by molar-refractivity contribution is 9.09. The molecule has 21 heavy (non-hydrogen) atoms. The first-order chi connectivity index (χ1) is 9.77. The van der Waals surface area contributed by atoms with Crippen molar-refractivity contribution in [3.8, 4) is 0 Å². The zero-order chi connectivity index (χ0) is 16.4. The Hall–Kier alpha value is -1.19. The number of aliphatic hydroxyl groups is 1. The standard InChI is InChI=1S/C12H19BrO8/c1-7(14)19-6-10(17)11(20-8(2)15)12(18-5-4-13)21-9(3)16/h10-12,17H,4-6H2,1-3H3/t10?,11-,12?/m1/s1. The molecule has 0 aromatic carbocycles. The maximum absolute atomic E-state index is 11.1. The predicted molar refractivity (Wildman–Crippen MR) is 73.5 cm³/mol. The number of esters is 3. The lowest BCUT2D eigenvalue weighted by atomic mass is 10.2. The van der Waals surface area contributed by atoms with Gasteiger partial charge < -0.3 is 24.1 Å². The molecule has 0 aliphatic rings. The molecule has 0 heterocycles. The summed E-state index contributed by atoms with van der Waals surface area (Å²) in [6.07, 6.45) is -4.03. The molecule has 2 unspecified atom stereocenters. The van der Waals surface area contributed by atoms with Gasteiger partial charge in [-0.15, -0.1) is 0 Å². The minimum Gasteiger partial charge on any atom is -0.463 e. The second kappa shape index (κ2) is 10.5.